The molecule has 0 aliphatic heterocycles. The van der Waals surface area contributed by atoms with Crippen molar-refractivity contribution in [2.75, 3.05) is 18.2 Å². The number of nitrogens with one attached hydrogen (secondary N) is 1. The van der Waals surface area contributed by atoms with Gasteiger partial charge in [0.25, 0.3) is 0 Å². The smallest absolute Gasteiger partial charge is 0.341 e. The maximum Gasteiger partial charge on any atom is 0.341 e. The minimum Gasteiger partial charge on any atom is -0.465 e. The summed E-state index contributed by atoms with van der Waals surface area (Å²) in [5.41, 5.74) is 2.56. The Kier molecular flexibility index (Phi) is 7.74. The zero-order valence-corrected chi connectivity index (χ0v) is 20.4. The van der Waals surface area contributed by atoms with Gasteiger partial charge in [-0.3, -0.25) is 9.36 Å². The molecule has 0 saturated carbocycles. The molecule has 7 nitrogen and oxygen atoms in total. The highest BCUT2D eigenvalue weighted by Crippen LogP contribution is 2.36. The number of rotatable bonds is 9. The molecule has 178 valence electrons. The van der Waals surface area contributed by atoms with E-state index >= 15 is 0 Å². The summed E-state index contributed by atoms with van der Waals surface area (Å²) in [5.74, 6) is -0.588. The van der Waals surface area contributed by atoms with Crippen LogP contribution in [0.4, 0.5) is 9.39 Å². The second-order valence-corrected chi connectivity index (χ2v) is 9.08. The molecule has 0 unspecified atom stereocenters. The Morgan fingerprint density at radius 3 is 2.57 bits per heavy atom. The summed E-state index contributed by atoms with van der Waals surface area (Å²) in [4.78, 5) is 25.3. The van der Waals surface area contributed by atoms with E-state index in [2.05, 4.69) is 22.1 Å². The molecule has 2 heterocycles. The van der Waals surface area contributed by atoms with E-state index in [0.717, 1.165) is 5.56 Å². The van der Waals surface area contributed by atoms with Gasteiger partial charge in [0.1, 0.15) is 16.4 Å². The van der Waals surface area contributed by atoms with Crippen LogP contribution in [-0.2, 0) is 16.1 Å². The lowest BCUT2D eigenvalue weighted by Crippen LogP contribution is -2.16. The topological polar surface area (TPSA) is 86.1 Å². The van der Waals surface area contributed by atoms with E-state index in [1.54, 1.807) is 22.8 Å². The van der Waals surface area contributed by atoms with Gasteiger partial charge < -0.3 is 10.1 Å². The van der Waals surface area contributed by atoms with Crippen LogP contribution in [0, 0.1) is 5.82 Å². The Hall–Kier alpha value is -3.76. The van der Waals surface area contributed by atoms with Crippen molar-refractivity contribution in [3.63, 3.8) is 0 Å². The predicted molar refractivity (Wildman–Crippen MR) is 136 cm³/mol. The van der Waals surface area contributed by atoms with Crippen molar-refractivity contribution in [3.05, 3.63) is 84.0 Å². The number of halogens is 1. The van der Waals surface area contributed by atoms with Crippen molar-refractivity contribution in [3.8, 4) is 22.5 Å². The molecular weight excluding hydrogens is 487 g/mol. The van der Waals surface area contributed by atoms with Gasteiger partial charge in [-0.25, -0.2) is 9.18 Å². The molecule has 0 aliphatic carbocycles. The average Bonchev–Trinajstić information content (AvgIpc) is 3.48. The van der Waals surface area contributed by atoms with Crippen LogP contribution in [0.1, 0.15) is 10.4 Å². The van der Waals surface area contributed by atoms with Gasteiger partial charge in [0.15, 0.2) is 11.0 Å². The number of methoxy groups -OCH3 is 1. The third-order valence-electron chi connectivity index (χ3n) is 4.98. The molecule has 0 aliphatic rings. The normalized spacial score (nSPS) is 10.7. The molecular formula is C25H21FN4O3S2. The van der Waals surface area contributed by atoms with Crippen LogP contribution in [0.2, 0.25) is 0 Å². The van der Waals surface area contributed by atoms with Gasteiger partial charge in [0.2, 0.25) is 5.91 Å². The van der Waals surface area contributed by atoms with E-state index in [1.807, 2.05) is 35.7 Å². The Labute approximate surface area is 209 Å². The number of thioether (sulfide) groups is 1. The summed E-state index contributed by atoms with van der Waals surface area (Å²) in [7, 11) is 1.31. The molecule has 0 radical (unpaired) electrons. The van der Waals surface area contributed by atoms with E-state index < -0.39 is 5.97 Å². The summed E-state index contributed by atoms with van der Waals surface area (Å²) >= 11 is 2.46. The number of hydrogen-bond donors (Lipinski definition) is 1. The first kappa shape index (κ1) is 24.4. The second-order valence-electron chi connectivity index (χ2n) is 7.26. The Morgan fingerprint density at radius 1 is 1.14 bits per heavy atom. The molecule has 10 heteroatoms. The van der Waals surface area contributed by atoms with Gasteiger partial charge in [0.05, 0.1) is 12.9 Å². The van der Waals surface area contributed by atoms with Crippen molar-refractivity contribution >= 4 is 40.0 Å². The molecule has 4 aromatic rings. The van der Waals surface area contributed by atoms with Crippen LogP contribution < -0.4 is 5.32 Å². The quantitative estimate of drug-likeness (QED) is 0.182. The van der Waals surface area contributed by atoms with Crippen LogP contribution >= 0.6 is 23.1 Å². The van der Waals surface area contributed by atoms with Crippen molar-refractivity contribution < 1.29 is 18.7 Å². The fraction of sp³-hybridized carbons (Fsp3) is 0.120. The number of benzene rings is 2. The van der Waals surface area contributed by atoms with Gasteiger partial charge in [-0.1, -0.05) is 48.2 Å². The van der Waals surface area contributed by atoms with Crippen LogP contribution in [-0.4, -0.2) is 39.5 Å². The van der Waals surface area contributed by atoms with E-state index in [0.29, 0.717) is 39.2 Å². The molecule has 0 spiro atoms. The van der Waals surface area contributed by atoms with Crippen molar-refractivity contribution in [1.29, 1.82) is 0 Å². The molecule has 0 fully saturated rings. The zero-order valence-electron chi connectivity index (χ0n) is 18.7. The van der Waals surface area contributed by atoms with Gasteiger partial charge >= 0.3 is 5.97 Å². The first-order chi connectivity index (χ1) is 17.0. The molecule has 0 atom stereocenters. The highest BCUT2D eigenvalue weighted by molar-refractivity contribution is 7.99. The number of thiophene rings is 1. The molecule has 2 aromatic carbocycles. The summed E-state index contributed by atoms with van der Waals surface area (Å²) in [6.07, 6.45) is 1.69. The number of nitrogens with zero attached hydrogens (tertiary/aromatic N) is 3. The van der Waals surface area contributed by atoms with Crippen molar-refractivity contribution in [2.45, 2.75) is 11.7 Å². The molecule has 1 N–H and O–H groups in total. The van der Waals surface area contributed by atoms with E-state index in [-0.39, 0.29) is 17.5 Å². The predicted octanol–water partition coefficient (Wildman–Crippen LogP) is 5.52. The Balaban J connectivity index is 1.51. The average molecular weight is 509 g/mol. The van der Waals surface area contributed by atoms with Crippen molar-refractivity contribution in [1.82, 2.24) is 14.8 Å². The highest BCUT2D eigenvalue weighted by atomic mass is 32.2. The first-order valence-corrected chi connectivity index (χ1v) is 12.4. The number of allylic oxidation sites excluding steroid dienone is 1. The van der Waals surface area contributed by atoms with Gasteiger partial charge in [-0.15, -0.1) is 28.1 Å². The number of hydrogen-bond acceptors (Lipinski definition) is 7. The highest BCUT2D eigenvalue weighted by Gasteiger charge is 2.23. The summed E-state index contributed by atoms with van der Waals surface area (Å²) < 4.78 is 20.1. The van der Waals surface area contributed by atoms with E-state index in [9.17, 15) is 14.0 Å². The lowest BCUT2D eigenvalue weighted by molar-refractivity contribution is -0.113. The summed E-state index contributed by atoms with van der Waals surface area (Å²) in [6, 6.07) is 15.4. The molecule has 1 amide bonds. The molecule has 35 heavy (non-hydrogen) atoms. The third-order valence-corrected chi connectivity index (χ3v) is 6.84. The Morgan fingerprint density at radius 2 is 1.89 bits per heavy atom. The largest absolute Gasteiger partial charge is 0.465 e. The van der Waals surface area contributed by atoms with Gasteiger partial charge in [-0.05, 0) is 29.8 Å². The minimum atomic E-state index is -0.525. The number of esters is 1. The fourth-order valence-corrected chi connectivity index (χ4v) is 5.10. The maximum absolute atomic E-state index is 13.3. The Bertz CT molecular complexity index is 1350. The summed E-state index contributed by atoms with van der Waals surface area (Å²) in [5, 5.41) is 14.0. The van der Waals surface area contributed by atoms with Crippen LogP contribution in [0.25, 0.3) is 22.5 Å². The molecule has 0 saturated heterocycles. The van der Waals surface area contributed by atoms with Crippen molar-refractivity contribution in [2.24, 2.45) is 0 Å². The minimum absolute atomic E-state index is 0.0396. The number of carbonyl (C=O) groups excluding carboxylic acids is 2. The maximum atomic E-state index is 13.3. The first-order valence-electron chi connectivity index (χ1n) is 10.5. The van der Waals surface area contributed by atoms with E-state index in [1.165, 1.54) is 42.3 Å². The standard InChI is InChI=1S/C25H21FN4O3S2/c1-3-13-30-22(17-9-11-18(26)12-10-17)28-29-25(30)35-15-20(31)27-23-21(24(32)33-2)19(14-34-23)16-7-5-4-6-8-16/h3-12,14H,1,13,15H2,2H3,(H,27,31). The fourth-order valence-electron chi connectivity index (χ4n) is 3.38. The second kappa shape index (κ2) is 11.1. The van der Waals surface area contributed by atoms with Crippen LogP contribution in [0.15, 0.2) is 77.8 Å². The summed E-state index contributed by atoms with van der Waals surface area (Å²) in [6.45, 7) is 4.19. The molecule has 0 bridgehead atoms. The lowest BCUT2D eigenvalue weighted by atomic mass is 10.0. The van der Waals surface area contributed by atoms with E-state index in [4.69, 9.17) is 4.74 Å². The molecule has 4 rings (SSSR count). The number of amides is 1. The SMILES string of the molecule is C=CCn1c(SCC(=O)Nc2scc(-c3ccccc3)c2C(=O)OC)nnc1-c1ccc(F)cc1. The number of anilines is 1. The zero-order chi connectivity index (χ0) is 24.8. The number of carbonyl (C=O) groups is 2. The van der Waals surface area contributed by atoms with Gasteiger partial charge in [-0.2, -0.15) is 0 Å². The molecule has 2 aromatic heterocycles. The lowest BCUT2D eigenvalue weighted by Gasteiger charge is -2.09. The monoisotopic (exact) mass is 508 g/mol. The van der Waals surface area contributed by atoms with Gasteiger partial charge in [0, 0.05) is 23.1 Å². The number of aromatic nitrogens is 3. The number of ether oxygens (including phenoxy) is 1. The van der Waals surface area contributed by atoms with Crippen LogP contribution in [0.5, 0.6) is 0 Å². The third kappa shape index (κ3) is 5.50. The van der Waals surface area contributed by atoms with Crippen LogP contribution in [0.3, 0.4) is 0 Å².